The summed E-state index contributed by atoms with van der Waals surface area (Å²) in [4.78, 5) is 24.2. The Bertz CT molecular complexity index is 486. The summed E-state index contributed by atoms with van der Waals surface area (Å²) in [5, 5.41) is 21.1. The molecule has 102 valence electrons. The number of carboxylic acids is 1. The molecule has 1 aromatic rings. The Kier molecular flexibility index (Phi) is 3.71. The van der Waals surface area contributed by atoms with Gasteiger partial charge in [-0.3, -0.25) is 0 Å². The van der Waals surface area contributed by atoms with Gasteiger partial charge < -0.3 is 20.4 Å². The Morgan fingerprint density at radius 2 is 1.95 bits per heavy atom. The summed E-state index contributed by atoms with van der Waals surface area (Å²) < 4.78 is 0. The lowest BCUT2D eigenvalue weighted by Gasteiger charge is -2.21. The van der Waals surface area contributed by atoms with Crippen molar-refractivity contribution >= 4 is 17.7 Å². The minimum atomic E-state index is -1.10. The minimum absolute atomic E-state index is 0.0364. The fraction of sp³-hybridized carbons (Fsp3) is 0.385. The molecule has 6 nitrogen and oxygen atoms in total. The molecule has 0 aliphatic carbocycles. The maximum absolute atomic E-state index is 12.0. The van der Waals surface area contributed by atoms with Crippen LogP contribution in [0.4, 0.5) is 10.5 Å². The van der Waals surface area contributed by atoms with Crippen LogP contribution in [-0.4, -0.2) is 45.8 Å². The average Bonchev–Trinajstić information content (AvgIpc) is 2.74. The van der Waals surface area contributed by atoms with Crippen molar-refractivity contribution in [2.75, 3.05) is 11.9 Å². The van der Waals surface area contributed by atoms with Crippen molar-refractivity contribution in [2.24, 2.45) is 0 Å². The van der Waals surface area contributed by atoms with E-state index in [0.717, 1.165) is 10.5 Å². The second-order valence-corrected chi connectivity index (χ2v) is 4.69. The molecule has 0 radical (unpaired) electrons. The normalized spacial score (nSPS) is 22.3. The van der Waals surface area contributed by atoms with Crippen LogP contribution in [0.5, 0.6) is 0 Å². The van der Waals surface area contributed by atoms with E-state index in [-0.39, 0.29) is 13.0 Å². The van der Waals surface area contributed by atoms with Gasteiger partial charge in [0.05, 0.1) is 6.10 Å². The molecule has 2 rings (SSSR count). The van der Waals surface area contributed by atoms with Crippen LogP contribution in [0.15, 0.2) is 24.3 Å². The van der Waals surface area contributed by atoms with Crippen molar-refractivity contribution < 1.29 is 19.8 Å². The molecule has 1 aliphatic heterocycles. The molecular weight excluding hydrogens is 248 g/mol. The number of carboxylic acid groups (broad SMARTS) is 1. The summed E-state index contributed by atoms with van der Waals surface area (Å²) in [5.74, 6) is -1.10. The van der Waals surface area contributed by atoms with E-state index in [2.05, 4.69) is 5.32 Å². The van der Waals surface area contributed by atoms with E-state index in [1.54, 1.807) is 12.1 Å². The summed E-state index contributed by atoms with van der Waals surface area (Å²) in [6.07, 6.45) is -0.721. The summed E-state index contributed by atoms with van der Waals surface area (Å²) >= 11 is 0. The van der Waals surface area contributed by atoms with Crippen LogP contribution in [0.25, 0.3) is 0 Å². The first kappa shape index (κ1) is 13.4. The molecule has 1 aliphatic rings. The first-order chi connectivity index (χ1) is 8.97. The van der Waals surface area contributed by atoms with Gasteiger partial charge in [0.1, 0.15) is 6.04 Å². The number of urea groups is 1. The van der Waals surface area contributed by atoms with E-state index in [0.29, 0.717) is 5.69 Å². The van der Waals surface area contributed by atoms with Crippen molar-refractivity contribution in [3.63, 3.8) is 0 Å². The lowest BCUT2D eigenvalue weighted by atomic mass is 10.2. The Balaban J connectivity index is 2.06. The Hall–Kier alpha value is -2.08. The number of carbonyl (C=O) groups is 2. The first-order valence-corrected chi connectivity index (χ1v) is 6.02. The second kappa shape index (κ2) is 5.27. The number of nitrogens with one attached hydrogen (secondary N) is 1. The molecule has 2 amide bonds. The molecule has 19 heavy (non-hydrogen) atoms. The summed E-state index contributed by atoms with van der Waals surface area (Å²) in [6, 6.07) is 5.71. The summed E-state index contributed by atoms with van der Waals surface area (Å²) in [7, 11) is 0. The molecule has 1 saturated heterocycles. The quantitative estimate of drug-likeness (QED) is 0.744. The van der Waals surface area contributed by atoms with Gasteiger partial charge in [0, 0.05) is 18.7 Å². The zero-order valence-electron chi connectivity index (χ0n) is 10.5. The van der Waals surface area contributed by atoms with Gasteiger partial charge in [-0.1, -0.05) is 17.7 Å². The number of aliphatic carboxylic acids is 1. The molecule has 0 bridgehead atoms. The average molecular weight is 264 g/mol. The van der Waals surface area contributed by atoms with Crippen LogP contribution in [-0.2, 0) is 4.79 Å². The number of anilines is 1. The van der Waals surface area contributed by atoms with Gasteiger partial charge in [-0.25, -0.2) is 9.59 Å². The van der Waals surface area contributed by atoms with Crippen LogP contribution in [0, 0.1) is 6.92 Å². The van der Waals surface area contributed by atoms with E-state index in [1.165, 1.54) is 0 Å². The highest BCUT2D eigenvalue weighted by molar-refractivity contribution is 5.92. The fourth-order valence-electron chi connectivity index (χ4n) is 2.10. The summed E-state index contributed by atoms with van der Waals surface area (Å²) in [6.45, 7) is 1.97. The molecule has 6 heteroatoms. The molecule has 1 heterocycles. The number of rotatable bonds is 2. The number of β-amino-alcohol motifs (C(OH)–C–C–N with tert-alkyl or cyclic N) is 1. The SMILES string of the molecule is Cc1ccc(NC(=O)N2CC(O)C[C@H]2C(=O)O)cc1. The van der Waals surface area contributed by atoms with Crippen molar-refractivity contribution in [3.05, 3.63) is 29.8 Å². The molecule has 1 unspecified atom stereocenters. The first-order valence-electron chi connectivity index (χ1n) is 6.02. The van der Waals surface area contributed by atoms with Gasteiger partial charge in [-0.2, -0.15) is 0 Å². The number of likely N-dealkylation sites (tertiary alicyclic amines) is 1. The van der Waals surface area contributed by atoms with Crippen molar-refractivity contribution in [2.45, 2.75) is 25.5 Å². The largest absolute Gasteiger partial charge is 0.480 e. The number of hydrogen-bond donors (Lipinski definition) is 3. The number of aliphatic hydroxyl groups excluding tert-OH is 1. The van der Waals surface area contributed by atoms with E-state index < -0.39 is 24.1 Å². The number of aliphatic hydroxyl groups is 1. The maximum atomic E-state index is 12.0. The third-order valence-electron chi connectivity index (χ3n) is 3.13. The maximum Gasteiger partial charge on any atom is 0.326 e. The van der Waals surface area contributed by atoms with Gasteiger partial charge >= 0.3 is 12.0 Å². The molecule has 1 fully saturated rings. The van der Waals surface area contributed by atoms with Gasteiger partial charge in [0.15, 0.2) is 0 Å². The van der Waals surface area contributed by atoms with Crippen LogP contribution in [0.3, 0.4) is 0 Å². The molecular formula is C13H16N2O4. The summed E-state index contributed by atoms with van der Waals surface area (Å²) in [5.41, 5.74) is 1.67. The molecule has 1 aromatic carbocycles. The third kappa shape index (κ3) is 3.03. The van der Waals surface area contributed by atoms with E-state index in [4.69, 9.17) is 5.11 Å². The highest BCUT2D eigenvalue weighted by Crippen LogP contribution is 2.20. The van der Waals surface area contributed by atoms with Crippen molar-refractivity contribution in [1.82, 2.24) is 4.90 Å². The van der Waals surface area contributed by atoms with Gasteiger partial charge in [-0.05, 0) is 19.1 Å². The second-order valence-electron chi connectivity index (χ2n) is 4.69. The third-order valence-corrected chi connectivity index (χ3v) is 3.13. The van der Waals surface area contributed by atoms with E-state index in [9.17, 15) is 14.7 Å². The van der Waals surface area contributed by atoms with Gasteiger partial charge in [0.2, 0.25) is 0 Å². The van der Waals surface area contributed by atoms with E-state index >= 15 is 0 Å². The number of carbonyl (C=O) groups excluding carboxylic acids is 1. The topological polar surface area (TPSA) is 89.9 Å². The van der Waals surface area contributed by atoms with Crippen LogP contribution < -0.4 is 5.32 Å². The lowest BCUT2D eigenvalue weighted by Crippen LogP contribution is -2.43. The van der Waals surface area contributed by atoms with Crippen molar-refractivity contribution in [3.8, 4) is 0 Å². The zero-order chi connectivity index (χ0) is 14.0. The van der Waals surface area contributed by atoms with E-state index in [1.807, 2.05) is 19.1 Å². The Morgan fingerprint density at radius 1 is 1.32 bits per heavy atom. The van der Waals surface area contributed by atoms with Crippen molar-refractivity contribution in [1.29, 1.82) is 0 Å². The lowest BCUT2D eigenvalue weighted by molar-refractivity contribution is -0.141. The van der Waals surface area contributed by atoms with Crippen LogP contribution in [0.1, 0.15) is 12.0 Å². The number of hydrogen-bond acceptors (Lipinski definition) is 3. The molecule has 0 spiro atoms. The smallest absolute Gasteiger partial charge is 0.326 e. The fourth-order valence-corrected chi connectivity index (χ4v) is 2.10. The highest BCUT2D eigenvalue weighted by Gasteiger charge is 2.38. The minimum Gasteiger partial charge on any atom is -0.480 e. The predicted molar refractivity (Wildman–Crippen MR) is 69.0 cm³/mol. The molecule has 2 atom stereocenters. The number of amides is 2. The molecule has 0 aromatic heterocycles. The zero-order valence-corrected chi connectivity index (χ0v) is 10.5. The number of aryl methyl sites for hydroxylation is 1. The standard InChI is InChI=1S/C13H16N2O4/c1-8-2-4-9(5-3-8)14-13(19)15-7-10(16)6-11(15)12(17)18/h2-5,10-11,16H,6-7H2,1H3,(H,14,19)(H,17,18)/t10?,11-/m0/s1. The van der Waals surface area contributed by atoms with Gasteiger partial charge in [0.25, 0.3) is 0 Å². The molecule has 3 N–H and O–H groups in total. The number of benzene rings is 1. The van der Waals surface area contributed by atoms with Gasteiger partial charge in [-0.15, -0.1) is 0 Å². The Morgan fingerprint density at radius 3 is 2.53 bits per heavy atom. The predicted octanol–water partition coefficient (Wildman–Crippen LogP) is 1.05. The van der Waals surface area contributed by atoms with Crippen LogP contribution >= 0.6 is 0 Å². The monoisotopic (exact) mass is 264 g/mol. The Labute approximate surface area is 110 Å². The number of nitrogens with zero attached hydrogens (tertiary/aromatic N) is 1. The molecule has 0 saturated carbocycles. The van der Waals surface area contributed by atoms with Crippen LogP contribution in [0.2, 0.25) is 0 Å². The highest BCUT2D eigenvalue weighted by atomic mass is 16.4.